The summed E-state index contributed by atoms with van der Waals surface area (Å²) in [7, 11) is 0. The van der Waals surface area contributed by atoms with Crippen molar-refractivity contribution < 1.29 is 4.74 Å². The highest BCUT2D eigenvalue weighted by molar-refractivity contribution is 7.16. The molecule has 0 spiro atoms. The fourth-order valence-electron chi connectivity index (χ4n) is 2.17. The molecule has 0 aliphatic carbocycles. The van der Waals surface area contributed by atoms with Gasteiger partial charge >= 0.3 is 5.56 Å². The van der Waals surface area contributed by atoms with Crippen LogP contribution in [0.5, 0.6) is 5.75 Å². The molecular formula is C15H17N5O2S. The molecule has 3 aromatic rings. The van der Waals surface area contributed by atoms with Crippen LogP contribution in [-0.4, -0.2) is 33.0 Å². The first-order valence-electron chi connectivity index (χ1n) is 7.41. The third kappa shape index (κ3) is 3.22. The Morgan fingerprint density at radius 3 is 2.74 bits per heavy atom. The largest absolute Gasteiger partial charge is 0.494 e. The van der Waals surface area contributed by atoms with Crippen molar-refractivity contribution in [2.45, 2.75) is 19.8 Å². The van der Waals surface area contributed by atoms with E-state index in [-0.39, 0.29) is 11.3 Å². The van der Waals surface area contributed by atoms with Gasteiger partial charge in [0.25, 0.3) is 0 Å². The molecule has 0 bridgehead atoms. The van der Waals surface area contributed by atoms with Crippen molar-refractivity contribution >= 4 is 16.3 Å². The summed E-state index contributed by atoms with van der Waals surface area (Å²) in [5.41, 5.74) is 6.21. The molecule has 0 aliphatic heterocycles. The lowest BCUT2D eigenvalue weighted by atomic mass is 10.1. The molecule has 120 valence electrons. The van der Waals surface area contributed by atoms with E-state index in [1.54, 1.807) is 12.1 Å². The molecule has 2 aromatic heterocycles. The lowest BCUT2D eigenvalue weighted by Crippen LogP contribution is -2.19. The summed E-state index contributed by atoms with van der Waals surface area (Å²) in [5.74, 6) is 0.753. The van der Waals surface area contributed by atoms with E-state index in [4.69, 9.17) is 10.5 Å². The SMILES string of the molecule is CCOc1ccc(-c2nnc3sc(CCCN)nn3c2=O)cc1. The Kier molecular flexibility index (Phi) is 4.63. The number of benzene rings is 1. The van der Waals surface area contributed by atoms with Gasteiger partial charge < -0.3 is 10.5 Å². The van der Waals surface area contributed by atoms with Gasteiger partial charge in [-0.25, -0.2) is 0 Å². The molecule has 3 rings (SSSR count). The molecule has 0 radical (unpaired) electrons. The molecular weight excluding hydrogens is 314 g/mol. The van der Waals surface area contributed by atoms with Crippen molar-refractivity contribution in [1.82, 2.24) is 19.8 Å². The van der Waals surface area contributed by atoms with E-state index in [1.165, 1.54) is 15.9 Å². The van der Waals surface area contributed by atoms with Gasteiger partial charge in [-0.1, -0.05) is 11.3 Å². The van der Waals surface area contributed by atoms with Crippen LogP contribution < -0.4 is 16.0 Å². The molecule has 0 atom stereocenters. The van der Waals surface area contributed by atoms with Crippen molar-refractivity contribution in [2.24, 2.45) is 5.73 Å². The average molecular weight is 331 g/mol. The molecule has 7 nitrogen and oxygen atoms in total. The summed E-state index contributed by atoms with van der Waals surface area (Å²) in [6, 6.07) is 7.21. The van der Waals surface area contributed by atoms with Crippen LogP contribution >= 0.6 is 11.3 Å². The van der Waals surface area contributed by atoms with E-state index < -0.39 is 0 Å². The minimum atomic E-state index is -0.269. The Morgan fingerprint density at radius 2 is 2.04 bits per heavy atom. The maximum atomic E-state index is 12.6. The number of ether oxygens (including phenoxy) is 1. The maximum absolute atomic E-state index is 12.6. The predicted molar refractivity (Wildman–Crippen MR) is 88.9 cm³/mol. The molecule has 0 unspecified atom stereocenters. The number of aromatic nitrogens is 4. The highest BCUT2D eigenvalue weighted by Crippen LogP contribution is 2.19. The van der Waals surface area contributed by atoms with E-state index in [0.717, 1.165) is 23.6 Å². The van der Waals surface area contributed by atoms with E-state index >= 15 is 0 Å². The monoisotopic (exact) mass is 331 g/mol. The number of hydrogen-bond acceptors (Lipinski definition) is 7. The van der Waals surface area contributed by atoms with E-state index in [1.807, 2.05) is 19.1 Å². The number of hydrogen-bond donors (Lipinski definition) is 1. The van der Waals surface area contributed by atoms with Crippen LogP contribution in [0.4, 0.5) is 0 Å². The number of nitrogens with zero attached hydrogens (tertiary/aromatic N) is 4. The Labute approximate surface area is 136 Å². The van der Waals surface area contributed by atoms with Gasteiger partial charge in [0.05, 0.1) is 6.61 Å². The van der Waals surface area contributed by atoms with Gasteiger partial charge in [-0.05, 0) is 44.2 Å². The van der Waals surface area contributed by atoms with Crippen LogP contribution in [0.1, 0.15) is 18.4 Å². The molecule has 0 fully saturated rings. The highest BCUT2D eigenvalue weighted by atomic mass is 32.1. The van der Waals surface area contributed by atoms with E-state index in [2.05, 4.69) is 15.3 Å². The fraction of sp³-hybridized carbons (Fsp3) is 0.333. The second-order valence-electron chi connectivity index (χ2n) is 4.89. The first kappa shape index (κ1) is 15.6. The fourth-order valence-corrected chi connectivity index (χ4v) is 3.04. The maximum Gasteiger partial charge on any atom is 0.302 e. The first-order chi connectivity index (χ1) is 11.2. The summed E-state index contributed by atoms with van der Waals surface area (Å²) >= 11 is 1.37. The van der Waals surface area contributed by atoms with E-state index in [9.17, 15) is 4.79 Å². The smallest absolute Gasteiger partial charge is 0.302 e. The molecule has 1 aromatic carbocycles. The van der Waals surface area contributed by atoms with Crippen molar-refractivity contribution in [3.05, 3.63) is 39.6 Å². The van der Waals surface area contributed by atoms with Crippen LogP contribution in [0.2, 0.25) is 0 Å². The Balaban J connectivity index is 1.97. The number of aryl methyl sites for hydroxylation is 1. The summed E-state index contributed by atoms with van der Waals surface area (Å²) in [6.45, 7) is 3.11. The quantitative estimate of drug-likeness (QED) is 0.735. The molecule has 0 amide bonds. The van der Waals surface area contributed by atoms with Gasteiger partial charge in [-0.3, -0.25) is 4.79 Å². The first-order valence-corrected chi connectivity index (χ1v) is 8.23. The zero-order chi connectivity index (χ0) is 16.2. The van der Waals surface area contributed by atoms with Gasteiger partial charge in [0.1, 0.15) is 10.8 Å². The molecule has 0 saturated heterocycles. The summed E-state index contributed by atoms with van der Waals surface area (Å²) in [4.78, 5) is 13.1. The van der Waals surface area contributed by atoms with Crippen LogP contribution in [0.15, 0.2) is 29.1 Å². The van der Waals surface area contributed by atoms with Gasteiger partial charge in [0.2, 0.25) is 4.96 Å². The van der Waals surface area contributed by atoms with Crippen LogP contribution in [0, 0.1) is 0 Å². The predicted octanol–water partition coefficient (Wildman–Crippen LogP) is 1.50. The Hall–Kier alpha value is -2.32. The number of fused-ring (bicyclic) bond motifs is 1. The second-order valence-corrected chi connectivity index (χ2v) is 5.93. The third-order valence-corrected chi connectivity index (χ3v) is 4.22. The van der Waals surface area contributed by atoms with Crippen LogP contribution in [-0.2, 0) is 6.42 Å². The lowest BCUT2D eigenvalue weighted by molar-refractivity contribution is 0.340. The zero-order valence-electron chi connectivity index (χ0n) is 12.7. The minimum Gasteiger partial charge on any atom is -0.494 e. The zero-order valence-corrected chi connectivity index (χ0v) is 13.5. The topological polar surface area (TPSA) is 95.4 Å². The standard InChI is InChI=1S/C15H17N5O2S/c1-2-22-11-7-5-10(6-8-11)13-14(21)20-15(18-17-13)23-12(19-20)4-3-9-16/h5-8H,2-4,9,16H2,1H3. The summed E-state index contributed by atoms with van der Waals surface area (Å²) in [6.07, 6.45) is 1.57. The minimum absolute atomic E-state index is 0.269. The van der Waals surface area contributed by atoms with Gasteiger partial charge in [0.15, 0.2) is 5.69 Å². The third-order valence-electron chi connectivity index (χ3n) is 3.27. The van der Waals surface area contributed by atoms with Crippen molar-refractivity contribution in [2.75, 3.05) is 13.2 Å². The molecule has 0 aliphatic rings. The number of nitrogens with two attached hydrogens (primary N) is 1. The molecule has 23 heavy (non-hydrogen) atoms. The van der Waals surface area contributed by atoms with E-state index in [0.29, 0.717) is 23.7 Å². The number of rotatable bonds is 6. The molecule has 2 heterocycles. The van der Waals surface area contributed by atoms with Crippen LogP contribution in [0.25, 0.3) is 16.2 Å². The summed E-state index contributed by atoms with van der Waals surface area (Å²) < 4.78 is 6.71. The van der Waals surface area contributed by atoms with Crippen molar-refractivity contribution in [3.8, 4) is 17.0 Å². The molecule has 0 saturated carbocycles. The van der Waals surface area contributed by atoms with Gasteiger partial charge in [0, 0.05) is 12.0 Å². The molecule has 2 N–H and O–H groups in total. The molecule has 8 heteroatoms. The normalized spacial score (nSPS) is 11.0. The van der Waals surface area contributed by atoms with Crippen LogP contribution in [0.3, 0.4) is 0 Å². The Morgan fingerprint density at radius 1 is 1.26 bits per heavy atom. The van der Waals surface area contributed by atoms with Crippen molar-refractivity contribution in [3.63, 3.8) is 0 Å². The van der Waals surface area contributed by atoms with Crippen molar-refractivity contribution in [1.29, 1.82) is 0 Å². The highest BCUT2D eigenvalue weighted by Gasteiger charge is 2.13. The lowest BCUT2D eigenvalue weighted by Gasteiger charge is -2.03. The van der Waals surface area contributed by atoms with Gasteiger partial charge in [-0.2, -0.15) is 9.61 Å². The van der Waals surface area contributed by atoms with Gasteiger partial charge in [-0.15, -0.1) is 10.2 Å². The Bertz CT molecular complexity index is 856. The second kappa shape index (κ2) is 6.84. The summed E-state index contributed by atoms with van der Waals surface area (Å²) in [5, 5.41) is 13.3. The average Bonchev–Trinajstić information content (AvgIpc) is 2.99.